The first kappa shape index (κ1) is 17.9. The zero-order valence-corrected chi connectivity index (χ0v) is 14.8. The number of phenolic OH excluding ortho intramolecular Hbond substituents is 1. The predicted molar refractivity (Wildman–Crippen MR) is 92.6 cm³/mol. The Morgan fingerprint density at radius 2 is 1.87 bits per heavy atom. The Bertz CT molecular complexity index is 582. The van der Waals surface area contributed by atoms with Gasteiger partial charge in [0.1, 0.15) is 11.5 Å². The molecule has 0 spiro atoms. The van der Waals surface area contributed by atoms with Crippen molar-refractivity contribution in [3.63, 3.8) is 0 Å². The first-order valence-electron chi connectivity index (χ1n) is 7.78. The summed E-state index contributed by atoms with van der Waals surface area (Å²) >= 11 is 0. The summed E-state index contributed by atoms with van der Waals surface area (Å²) in [5.74, 6) is 0.778. The lowest BCUT2D eigenvalue weighted by Crippen LogP contribution is -2.41. The minimum atomic E-state index is -0.450. The molecule has 2 N–H and O–H groups in total. The highest BCUT2D eigenvalue weighted by atomic mass is 16.7. The van der Waals surface area contributed by atoms with E-state index < -0.39 is 18.3 Å². The fourth-order valence-corrected chi connectivity index (χ4v) is 2.37. The zero-order valence-electron chi connectivity index (χ0n) is 14.8. The first-order valence-corrected chi connectivity index (χ1v) is 7.78. The lowest BCUT2D eigenvalue weighted by Gasteiger charge is -2.32. The Morgan fingerprint density at radius 1 is 1.26 bits per heavy atom. The molecule has 0 radical (unpaired) electrons. The first-order chi connectivity index (χ1) is 10.7. The molecule has 5 nitrogen and oxygen atoms in total. The highest BCUT2D eigenvalue weighted by Crippen LogP contribution is 2.39. The lowest BCUT2D eigenvalue weighted by molar-refractivity contribution is 0.00578. The summed E-state index contributed by atoms with van der Waals surface area (Å²) in [6, 6.07) is 5.22. The maximum Gasteiger partial charge on any atom is 0.491 e. The third-order valence-corrected chi connectivity index (χ3v) is 4.52. The van der Waals surface area contributed by atoms with Gasteiger partial charge in [-0.2, -0.15) is 0 Å². The van der Waals surface area contributed by atoms with E-state index in [-0.39, 0.29) is 5.75 Å². The van der Waals surface area contributed by atoms with Crippen LogP contribution < -0.4 is 10.1 Å². The number of aromatic hydroxyl groups is 1. The van der Waals surface area contributed by atoms with Crippen molar-refractivity contribution in [3.8, 4) is 11.5 Å². The number of benzene rings is 1. The molecule has 23 heavy (non-hydrogen) atoms. The van der Waals surface area contributed by atoms with Gasteiger partial charge in [-0.25, -0.2) is 0 Å². The second kappa shape index (κ2) is 6.55. The van der Waals surface area contributed by atoms with Crippen LogP contribution in [0.15, 0.2) is 23.7 Å². The lowest BCUT2D eigenvalue weighted by atomic mass is 9.77. The number of ether oxygens (including phenoxy) is 1. The number of hydrogen-bond acceptors (Lipinski definition) is 5. The van der Waals surface area contributed by atoms with Crippen molar-refractivity contribution < 1.29 is 19.2 Å². The fourth-order valence-electron chi connectivity index (χ4n) is 2.37. The van der Waals surface area contributed by atoms with E-state index in [0.29, 0.717) is 17.9 Å². The van der Waals surface area contributed by atoms with Crippen LogP contribution in [0.2, 0.25) is 0 Å². The van der Waals surface area contributed by atoms with Crippen molar-refractivity contribution >= 4 is 13.2 Å². The average molecular weight is 319 g/mol. The Hall–Kier alpha value is -1.50. The summed E-state index contributed by atoms with van der Waals surface area (Å²) in [5.41, 5.74) is 0.830. The van der Waals surface area contributed by atoms with E-state index in [1.807, 2.05) is 53.0 Å². The predicted octanol–water partition coefficient (Wildman–Crippen LogP) is 2.64. The smallest absolute Gasteiger partial charge is 0.491 e. The fraction of sp³-hybridized carbons (Fsp3) is 0.529. The minimum absolute atomic E-state index is 0.162. The van der Waals surface area contributed by atoms with Crippen LogP contribution in [-0.4, -0.2) is 44.1 Å². The van der Waals surface area contributed by atoms with Crippen molar-refractivity contribution in [1.82, 2.24) is 5.32 Å². The van der Waals surface area contributed by atoms with Gasteiger partial charge in [0.25, 0.3) is 0 Å². The maximum atomic E-state index is 10.2. The van der Waals surface area contributed by atoms with E-state index in [1.54, 1.807) is 13.2 Å². The van der Waals surface area contributed by atoms with E-state index in [4.69, 9.17) is 14.0 Å². The number of rotatable bonds is 5. The number of likely N-dealkylation sites (N-methyl/N-ethyl adjacent to an activating group) is 1. The number of methoxy groups -OCH3 is 1. The van der Waals surface area contributed by atoms with Gasteiger partial charge in [0.05, 0.1) is 18.3 Å². The van der Waals surface area contributed by atoms with Crippen molar-refractivity contribution in [1.29, 1.82) is 0 Å². The molecule has 126 valence electrons. The SMILES string of the molecule is CNCC(=Cc1ccc(OC)cc1O)B1OC(C)(C)C(C)(C)O1. The summed E-state index contributed by atoms with van der Waals surface area (Å²) in [6.07, 6.45) is 1.90. The quantitative estimate of drug-likeness (QED) is 0.817. The molecule has 1 aliphatic heterocycles. The standard InChI is InChI=1S/C17H26BNO4/c1-16(2)17(3,4)23-18(22-16)13(11-19-5)9-12-7-8-14(21-6)10-15(12)20/h7-10,19-20H,11H2,1-6H3. The van der Waals surface area contributed by atoms with Crippen LogP contribution >= 0.6 is 0 Å². The van der Waals surface area contributed by atoms with Gasteiger partial charge in [0.15, 0.2) is 0 Å². The molecule has 0 saturated carbocycles. The minimum Gasteiger partial charge on any atom is -0.507 e. The summed E-state index contributed by atoms with van der Waals surface area (Å²) in [6.45, 7) is 8.69. The third-order valence-electron chi connectivity index (χ3n) is 4.52. The molecule has 1 aromatic rings. The Balaban J connectivity index is 2.32. The van der Waals surface area contributed by atoms with Crippen LogP contribution in [0.25, 0.3) is 6.08 Å². The van der Waals surface area contributed by atoms with Gasteiger partial charge in [0.2, 0.25) is 0 Å². The number of hydrogen-bond donors (Lipinski definition) is 2. The molecule has 0 bridgehead atoms. The van der Waals surface area contributed by atoms with E-state index in [2.05, 4.69) is 5.32 Å². The van der Waals surface area contributed by atoms with E-state index in [9.17, 15) is 5.11 Å². The normalized spacial score (nSPS) is 19.9. The monoisotopic (exact) mass is 319 g/mol. The largest absolute Gasteiger partial charge is 0.507 e. The molecule has 0 aromatic heterocycles. The molecular formula is C17H26BNO4. The highest BCUT2D eigenvalue weighted by Gasteiger charge is 2.52. The Morgan fingerprint density at radius 3 is 2.35 bits per heavy atom. The van der Waals surface area contributed by atoms with Crippen molar-refractivity contribution in [2.24, 2.45) is 0 Å². The van der Waals surface area contributed by atoms with Gasteiger partial charge in [-0.1, -0.05) is 6.08 Å². The van der Waals surface area contributed by atoms with Crippen molar-refractivity contribution in [2.45, 2.75) is 38.9 Å². The molecule has 0 amide bonds. The summed E-state index contributed by atoms with van der Waals surface area (Å²) in [7, 11) is 2.99. The second-order valence-corrected chi connectivity index (χ2v) is 6.76. The van der Waals surface area contributed by atoms with Crippen LogP contribution in [0, 0.1) is 0 Å². The molecule has 1 heterocycles. The van der Waals surface area contributed by atoms with Gasteiger partial charge in [-0.3, -0.25) is 0 Å². The summed E-state index contributed by atoms with van der Waals surface area (Å²) in [4.78, 5) is 0. The second-order valence-electron chi connectivity index (χ2n) is 6.76. The molecule has 0 unspecified atom stereocenters. The zero-order chi connectivity index (χ0) is 17.3. The molecule has 2 rings (SSSR count). The summed E-state index contributed by atoms with van der Waals surface area (Å²) in [5, 5.41) is 13.3. The topological polar surface area (TPSA) is 60.0 Å². The van der Waals surface area contributed by atoms with Crippen LogP contribution in [0.5, 0.6) is 11.5 Å². The van der Waals surface area contributed by atoms with Crippen molar-refractivity contribution in [3.05, 3.63) is 29.2 Å². The molecule has 1 aliphatic rings. The van der Waals surface area contributed by atoms with Crippen LogP contribution in [-0.2, 0) is 9.31 Å². The van der Waals surface area contributed by atoms with Gasteiger partial charge >= 0.3 is 7.12 Å². The van der Waals surface area contributed by atoms with Crippen LogP contribution in [0.3, 0.4) is 0 Å². The average Bonchev–Trinajstić information content (AvgIpc) is 2.68. The van der Waals surface area contributed by atoms with E-state index in [0.717, 1.165) is 5.47 Å². The van der Waals surface area contributed by atoms with Crippen LogP contribution in [0.4, 0.5) is 0 Å². The van der Waals surface area contributed by atoms with Gasteiger partial charge < -0.3 is 24.5 Å². The Labute approximate surface area is 138 Å². The molecule has 1 fully saturated rings. The van der Waals surface area contributed by atoms with E-state index in [1.165, 1.54) is 0 Å². The van der Waals surface area contributed by atoms with Crippen LogP contribution in [0.1, 0.15) is 33.3 Å². The van der Waals surface area contributed by atoms with Gasteiger partial charge in [-0.15, -0.1) is 0 Å². The third kappa shape index (κ3) is 3.71. The van der Waals surface area contributed by atoms with Gasteiger partial charge in [-0.05, 0) is 52.3 Å². The van der Waals surface area contributed by atoms with Gasteiger partial charge in [0, 0.05) is 18.2 Å². The van der Waals surface area contributed by atoms with E-state index >= 15 is 0 Å². The maximum absolute atomic E-state index is 10.2. The molecular weight excluding hydrogens is 293 g/mol. The number of phenols is 1. The highest BCUT2D eigenvalue weighted by molar-refractivity contribution is 6.56. The molecule has 6 heteroatoms. The molecule has 0 aliphatic carbocycles. The molecule has 0 atom stereocenters. The number of nitrogens with one attached hydrogen (secondary N) is 1. The Kier molecular flexibility index (Phi) is 5.09. The van der Waals surface area contributed by atoms with Crippen molar-refractivity contribution in [2.75, 3.05) is 20.7 Å². The molecule has 1 saturated heterocycles. The molecule has 1 aromatic carbocycles. The summed E-state index contributed by atoms with van der Waals surface area (Å²) < 4.78 is 17.3.